The Bertz CT molecular complexity index is 574. The molecule has 2 amide bonds. The second-order valence-corrected chi connectivity index (χ2v) is 7.38. The first-order valence-electron chi connectivity index (χ1n) is 8.81. The van der Waals surface area contributed by atoms with Crippen molar-refractivity contribution in [2.45, 2.75) is 45.7 Å². The summed E-state index contributed by atoms with van der Waals surface area (Å²) in [6.45, 7) is 9.73. The predicted octanol–water partition coefficient (Wildman–Crippen LogP) is 2.01. The molecule has 0 saturated carbocycles. The fourth-order valence-corrected chi connectivity index (χ4v) is 4.46. The largest absolute Gasteiger partial charge is 0.361 e. The van der Waals surface area contributed by atoms with Crippen LogP contribution in [0.4, 0.5) is 4.79 Å². The maximum absolute atomic E-state index is 12.7. The van der Waals surface area contributed by atoms with Crippen LogP contribution in [0.3, 0.4) is 0 Å². The third-order valence-electron chi connectivity index (χ3n) is 5.67. The summed E-state index contributed by atoms with van der Waals surface area (Å²) in [5.74, 6) is 1.53. The highest BCUT2D eigenvalue weighted by atomic mass is 16.5. The number of rotatable bonds is 2. The van der Waals surface area contributed by atoms with Crippen LogP contribution in [0.15, 0.2) is 4.52 Å². The van der Waals surface area contributed by atoms with Crippen LogP contribution in [0.1, 0.15) is 36.3 Å². The van der Waals surface area contributed by atoms with Crippen molar-refractivity contribution >= 4 is 6.03 Å². The van der Waals surface area contributed by atoms with Gasteiger partial charge < -0.3 is 14.3 Å². The van der Waals surface area contributed by atoms with E-state index in [0.29, 0.717) is 12.0 Å². The molecule has 0 spiro atoms. The van der Waals surface area contributed by atoms with Gasteiger partial charge in [-0.3, -0.25) is 4.90 Å². The molecule has 4 heterocycles. The minimum atomic E-state index is 0.272. The molecule has 1 aromatic rings. The summed E-state index contributed by atoms with van der Waals surface area (Å²) >= 11 is 0. The van der Waals surface area contributed by atoms with Gasteiger partial charge in [0.05, 0.1) is 5.69 Å². The molecule has 2 bridgehead atoms. The molecular formula is C17H26N4O2. The number of urea groups is 1. The van der Waals surface area contributed by atoms with Crippen molar-refractivity contribution in [3.8, 4) is 0 Å². The molecule has 6 nitrogen and oxygen atoms in total. The lowest BCUT2D eigenvalue weighted by Gasteiger charge is -2.33. The van der Waals surface area contributed by atoms with Crippen LogP contribution in [-0.4, -0.2) is 64.7 Å². The van der Waals surface area contributed by atoms with Crippen molar-refractivity contribution in [3.05, 3.63) is 17.0 Å². The maximum Gasteiger partial charge on any atom is 0.320 e. The van der Waals surface area contributed by atoms with E-state index in [1.165, 1.54) is 5.56 Å². The topological polar surface area (TPSA) is 52.8 Å². The summed E-state index contributed by atoms with van der Waals surface area (Å²) in [5, 5.41) is 4.06. The Morgan fingerprint density at radius 2 is 2.00 bits per heavy atom. The van der Waals surface area contributed by atoms with E-state index in [2.05, 4.69) is 15.0 Å². The Morgan fingerprint density at radius 1 is 1.22 bits per heavy atom. The number of likely N-dealkylation sites (tertiary alicyclic amines) is 3. The second-order valence-electron chi connectivity index (χ2n) is 7.38. The minimum absolute atomic E-state index is 0.272. The summed E-state index contributed by atoms with van der Waals surface area (Å²) < 4.78 is 5.29. The van der Waals surface area contributed by atoms with Crippen LogP contribution in [0.25, 0.3) is 0 Å². The molecule has 0 N–H and O–H groups in total. The minimum Gasteiger partial charge on any atom is -0.361 e. The first kappa shape index (κ1) is 15.0. The lowest BCUT2D eigenvalue weighted by atomic mass is 9.99. The van der Waals surface area contributed by atoms with Gasteiger partial charge in [-0.25, -0.2) is 4.79 Å². The SMILES string of the molecule is Cc1noc(C)c1CN1C[C@H]2C[C@@H](C1)N(C(=O)N1CCCC1)C2. The van der Waals surface area contributed by atoms with E-state index < -0.39 is 0 Å². The summed E-state index contributed by atoms with van der Waals surface area (Å²) in [4.78, 5) is 19.4. The fourth-order valence-electron chi connectivity index (χ4n) is 4.46. The molecule has 3 aliphatic rings. The number of aromatic nitrogens is 1. The smallest absolute Gasteiger partial charge is 0.320 e. The number of hydrogen-bond acceptors (Lipinski definition) is 4. The van der Waals surface area contributed by atoms with E-state index in [1.807, 2.05) is 18.7 Å². The molecule has 23 heavy (non-hydrogen) atoms. The van der Waals surface area contributed by atoms with Crippen LogP contribution in [0.2, 0.25) is 0 Å². The van der Waals surface area contributed by atoms with Gasteiger partial charge in [0.2, 0.25) is 0 Å². The Balaban J connectivity index is 1.43. The number of carbonyl (C=O) groups is 1. The zero-order chi connectivity index (χ0) is 16.0. The van der Waals surface area contributed by atoms with E-state index in [4.69, 9.17) is 4.52 Å². The third-order valence-corrected chi connectivity index (χ3v) is 5.67. The van der Waals surface area contributed by atoms with Gasteiger partial charge in [0.15, 0.2) is 0 Å². The Morgan fingerprint density at radius 3 is 2.70 bits per heavy atom. The van der Waals surface area contributed by atoms with Crippen molar-refractivity contribution in [3.63, 3.8) is 0 Å². The maximum atomic E-state index is 12.7. The highest BCUT2D eigenvalue weighted by molar-refractivity contribution is 5.75. The third kappa shape index (κ3) is 2.73. The van der Waals surface area contributed by atoms with Gasteiger partial charge in [-0.05, 0) is 39.0 Å². The molecule has 0 aliphatic carbocycles. The molecule has 126 valence electrons. The molecule has 3 aliphatic heterocycles. The predicted molar refractivity (Wildman–Crippen MR) is 86.1 cm³/mol. The van der Waals surface area contributed by atoms with Crippen LogP contribution in [-0.2, 0) is 6.54 Å². The molecule has 4 rings (SSSR count). The zero-order valence-electron chi connectivity index (χ0n) is 14.1. The summed E-state index contributed by atoms with van der Waals surface area (Å²) in [5.41, 5.74) is 2.20. The van der Waals surface area contributed by atoms with Gasteiger partial charge in [-0.2, -0.15) is 0 Å². The molecule has 6 heteroatoms. The van der Waals surface area contributed by atoms with Crippen molar-refractivity contribution in [1.29, 1.82) is 0 Å². The van der Waals surface area contributed by atoms with Crippen LogP contribution >= 0.6 is 0 Å². The molecule has 0 unspecified atom stereocenters. The van der Waals surface area contributed by atoms with E-state index in [9.17, 15) is 4.79 Å². The van der Waals surface area contributed by atoms with Crippen molar-refractivity contribution in [2.75, 3.05) is 32.7 Å². The summed E-state index contributed by atoms with van der Waals surface area (Å²) in [6, 6.07) is 0.650. The number of carbonyl (C=O) groups excluding carboxylic acids is 1. The Labute approximate surface area is 137 Å². The number of aryl methyl sites for hydroxylation is 2. The normalized spacial score (nSPS) is 27.9. The molecule has 3 fully saturated rings. The number of fused-ring (bicyclic) bond motifs is 2. The van der Waals surface area contributed by atoms with Crippen molar-refractivity contribution in [1.82, 2.24) is 19.9 Å². The average molecular weight is 318 g/mol. The van der Waals surface area contributed by atoms with E-state index in [0.717, 1.165) is 70.0 Å². The molecular weight excluding hydrogens is 292 g/mol. The van der Waals surface area contributed by atoms with Crippen LogP contribution < -0.4 is 0 Å². The average Bonchev–Trinajstić information content (AvgIpc) is 3.23. The first-order chi connectivity index (χ1) is 11.1. The number of hydrogen-bond donors (Lipinski definition) is 0. The van der Waals surface area contributed by atoms with E-state index in [-0.39, 0.29) is 6.03 Å². The zero-order valence-corrected chi connectivity index (χ0v) is 14.1. The van der Waals surface area contributed by atoms with Gasteiger partial charge in [0.1, 0.15) is 5.76 Å². The van der Waals surface area contributed by atoms with Gasteiger partial charge >= 0.3 is 6.03 Å². The van der Waals surface area contributed by atoms with Crippen molar-refractivity contribution < 1.29 is 9.32 Å². The van der Waals surface area contributed by atoms with Crippen molar-refractivity contribution in [2.24, 2.45) is 5.92 Å². The summed E-state index contributed by atoms with van der Waals surface area (Å²) in [6.07, 6.45) is 3.48. The summed E-state index contributed by atoms with van der Waals surface area (Å²) in [7, 11) is 0. The number of amides is 2. The van der Waals surface area contributed by atoms with Crippen LogP contribution in [0, 0.1) is 19.8 Å². The van der Waals surface area contributed by atoms with Gasteiger partial charge in [0, 0.05) is 50.9 Å². The molecule has 3 saturated heterocycles. The highest BCUT2D eigenvalue weighted by Gasteiger charge is 2.42. The Hall–Kier alpha value is -1.56. The fraction of sp³-hybridized carbons (Fsp3) is 0.765. The van der Waals surface area contributed by atoms with E-state index >= 15 is 0 Å². The van der Waals surface area contributed by atoms with Gasteiger partial charge in [0.25, 0.3) is 0 Å². The molecule has 0 radical (unpaired) electrons. The number of piperidine rings is 1. The highest BCUT2D eigenvalue weighted by Crippen LogP contribution is 2.32. The van der Waals surface area contributed by atoms with Crippen LogP contribution in [0.5, 0.6) is 0 Å². The molecule has 0 aromatic carbocycles. The second kappa shape index (κ2) is 5.82. The quantitative estimate of drug-likeness (QED) is 0.837. The first-order valence-corrected chi connectivity index (χ1v) is 8.81. The lowest BCUT2D eigenvalue weighted by Crippen LogP contribution is -2.47. The van der Waals surface area contributed by atoms with E-state index in [1.54, 1.807) is 0 Å². The molecule has 1 aromatic heterocycles. The lowest BCUT2D eigenvalue weighted by molar-refractivity contribution is 0.137. The van der Waals surface area contributed by atoms with Gasteiger partial charge in [-0.15, -0.1) is 0 Å². The monoisotopic (exact) mass is 318 g/mol. The van der Waals surface area contributed by atoms with Gasteiger partial charge in [-0.1, -0.05) is 5.16 Å². The molecule has 2 atom stereocenters. The number of nitrogens with zero attached hydrogens (tertiary/aromatic N) is 4. The Kier molecular flexibility index (Phi) is 3.79. The standard InChI is InChI=1S/C17H26N4O2/c1-12-16(13(2)23-18-12)11-19-8-14-7-15(10-19)21(9-14)17(22)20-5-3-4-6-20/h14-15H,3-11H2,1-2H3/t14-,15+/m1/s1.